The van der Waals surface area contributed by atoms with Gasteiger partial charge in [0.1, 0.15) is 11.8 Å². The number of aromatic nitrogens is 1. The molecule has 0 fully saturated rings. The number of hydrogen-bond donors (Lipinski definition) is 3. The minimum atomic E-state index is -0.642. The average molecular weight is 325 g/mol. The summed E-state index contributed by atoms with van der Waals surface area (Å²) in [5.74, 6) is 0.178. The predicted molar refractivity (Wildman–Crippen MR) is 90.2 cm³/mol. The van der Waals surface area contributed by atoms with Gasteiger partial charge in [-0.15, -0.1) is 0 Å². The lowest BCUT2D eigenvalue weighted by atomic mass is 10.0. The number of hydrogen-bond acceptors (Lipinski definition) is 3. The molecule has 0 bridgehead atoms. The Hall–Kier alpha value is -3.02. The first-order valence-electron chi connectivity index (χ1n) is 7.75. The summed E-state index contributed by atoms with van der Waals surface area (Å²) in [4.78, 5) is 27.1. The number of benzene rings is 1. The average Bonchev–Trinajstić information content (AvgIpc) is 3.22. The highest BCUT2D eigenvalue weighted by atomic mass is 16.3. The smallest absolute Gasteiger partial charge is 0.243 e. The number of rotatable bonds is 6. The molecule has 0 aliphatic carbocycles. The minimum absolute atomic E-state index is 0.243. The SMILES string of the molecule is CC(=O)N[C@@H](Cc1c[nH]c2ccccc12)C(=O)NCc1ccco1. The van der Waals surface area contributed by atoms with Gasteiger partial charge in [0.25, 0.3) is 0 Å². The van der Waals surface area contributed by atoms with Crippen molar-refractivity contribution in [2.45, 2.75) is 25.9 Å². The Morgan fingerprint density at radius 3 is 2.79 bits per heavy atom. The van der Waals surface area contributed by atoms with Crippen LogP contribution in [0.15, 0.2) is 53.3 Å². The summed E-state index contributed by atoms with van der Waals surface area (Å²) in [6, 6.07) is 10.8. The fourth-order valence-corrected chi connectivity index (χ4v) is 2.69. The molecular weight excluding hydrogens is 306 g/mol. The molecule has 3 rings (SSSR count). The fraction of sp³-hybridized carbons (Fsp3) is 0.222. The Bertz CT molecular complexity index is 836. The van der Waals surface area contributed by atoms with Crippen molar-refractivity contribution in [2.24, 2.45) is 0 Å². The first-order chi connectivity index (χ1) is 11.6. The third-order valence-corrected chi connectivity index (χ3v) is 3.81. The molecule has 0 spiro atoms. The number of carbonyl (C=O) groups is 2. The molecule has 2 aromatic heterocycles. The summed E-state index contributed by atoms with van der Waals surface area (Å²) in [7, 11) is 0. The van der Waals surface area contributed by atoms with Gasteiger partial charge in [0.15, 0.2) is 0 Å². The van der Waals surface area contributed by atoms with E-state index in [0.717, 1.165) is 16.5 Å². The number of aromatic amines is 1. The molecule has 6 nitrogen and oxygen atoms in total. The van der Waals surface area contributed by atoms with Crippen LogP contribution < -0.4 is 10.6 Å². The zero-order chi connectivity index (χ0) is 16.9. The zero-order valence-corrected chi connectivity index (χ0v) is 13.3. The second-order valence-electron chi connectivity index (χ2n) is 5.61. The molecule has 1 aromatic carbocycles. The summed E-state index contributed by atoms with van der Waals surface area (Å²) in [6.45, 7) is 1.69. The van der Waals surface area contributed by atoms with Crippen LogP contribution in [0.1, 0.15) is 18.2 Å². The molecule has 0 aliphatic rings. The number of carbonyl (C=O) groups excluding carboxylic acids is 2. The predicted octanol–water partition coefficient (Wildman–Crippen LogP) is 2.12. The number of nitrogens with one attached hydrogen (secondary N) is 3. The van der Waals surface area contributed by atoms with E-state index in [1.165, 1.54) is 6.92 Å². The molecule has 2 heterocycles. The Balaban J connectivity index is 1.73. The van der Waals surface area contributed by atoms with Gasteiger partial charge in [0.2, 0.25) is 11.8 Å². The maximum absolute atomic E-state index is 12.5. The quantitative estimate of drug-likeness (QED) is 0.649. The first kappa shape index (κ1) is 15.9. The van der Waals surface area contributed by atoms with Crippen molar-refractivity contribution in [1.29, 1.82) is 0 Å². The van der Waals surface area contributed by atoms with Gasteiger partial charge in [-0.25, -0.2) is 0 Å². The van der Waals surface area contributed by atoms with E-state index < -0.39 is 6.04 Å². The maximum Gasteiger partial charge on any atom is 0.243 e. The Kier molecular flexibility index (Phi) is 4.65. The van der Waals surface area contributed by atoms with Crippen LogP contribution in [0.4, 0.5) is 0 Å². The van der Waals surface area contributed by atoms with Crippen LogP contribution in [0.2, 0.25) is 0 Å². The van der Waals surface area contributed by atoms with Crippen LogP contribution in [0.25, 0.3) is 10.9 Å². The Labute approximate surface area is 139 Å². The highest BCUT2D eigenvalue weighted by Gasteiger charge is 2.21. The van der Waals surface area contributed by atoms with E-state index in [0.29, 0.717) is 12.2 Å². The second kappa shape index (κ2) is 7.04. The number of furan rings is 1. The Morgan fingerprint density at radius 1 is 1.21 bits per heavy atom. The highest BCUT2D eigenvalue weighted by Crippen LogP contribution is 2.19. The minimum Gasteiger partial charge on any atom is -0.467 e. The van der Waals surface area contributed by atoms with E-state index in [1.807, 2.05) is 30.5 Å². The van der Waals surface area contributed by atoms with Gasteiger partial charge in [0, 0.05) is 30.4 Å². The van der Waals surface area contributed by atoms with Gasteiger partial charge in [-0.1, -0.05) is 18.2 Å². The van der Waals surface area contributed by atoms with Gasteiger partial charge < -0.3 is 20.0 Å². The topological polar surface area (TPSA) is 87.1 Å². The number of para-hydroxylation sites is 1. The van der Waals surface area contributed by atoms with Crippen LogP contribution in [-0.2, 0) is 22.6 Å². The van der Waals surface area contributed by atoms with Crippen molar-refractivity contribution in [1.82, 2.24) is 15.6 Å². The lowest BCUT2D eigenvalue weighted by molar-refractivity contribution is -0.128. The number of H-pyrrole nitrogens is 1. The third kappa shape index (κ3) is 3.65. The van der Waals surface area contributed by atoms with Crippen LogP contribution in [0.3, 0.4) is 0 Å². The van der Waals surface area contributed by atoms with Gasteiger partial charge in [-0.3, -0.25) is 9.59 Å². The van der Waals surface area contributed by atoms with E-state index in [-0.39, 0.29) is 18.4 Å². The molecule has 124 valence electrons. The number of amides is 2. The monoisotopic (exact) mass is 325 g/mol. The van der Waals surface area contributed by atoms with Crippen molar-refractivity contribution in [3.05, 3.63) is 60.2 Å². The van der Waals surface area contributed by atoms with E-state index >= 15 is 0 Å². The molecule has 6 heteroatoms. The van der Waals surface area contributed by atoms with E-state index in [4.69, 9.17) is 4.42 Å². The van der Waals surface area contributed by atoms with E-state index in [9.17, 15) is 9.59 Å². The number of fused-ring (bicyclic) bond motifs is 1. The van der Waals surface area contributed by atoms with Crippen LogP contribution in [0, 0.1) is 0 Å². The largest absolute Gasteiger partial charge is 0.467 e. The summed E-state index contributed by atoms with van der Waals surface area (Å²) in [5, 5.41) is 6.56. The zero-order valence-electron chi connectivity index (χ0n) is 13.3. The molecule has 3 N–H and O–H groups in total. The summed E-state index contributed by atoms with van der Waals surface area (Å²) in [5.41, 5.74) is 1.99. The normalized spacial score (nSPS) is 12.0. The van der Waals surface area contributed by atoms with Crippen LogP contribution in [0.5, 0.6) is 0 Å². The van der Waals surface area contributed by atoms with Crippen molar-refractivity contribution in [3.63, 3.8) is 0 Å². The van der Waals surface area contributed by atoms with Crippen molar-refractivity contribution in [2.75, 3.05) is 0 Å². The molecule has 0 saturated heterocycles. The summed E-state index contributed by atoms with van der Waals surface area (Å²) in [6.07, 6.45) is 3.84. The van der Waals surface area contributed by atoms with Crippen molar-refractivity contribution >= 4 is 22.7 Å². The molecule has 0 saturated carbocycles. The molecule has 0 unspecified atom stereocenters. The van der Waals surface area contributed by atoms with E-state index in [1.54, 1.807) is 18.4 Å². The fourth-order valence-electron chi connectivity index (χ4n) is 2.69. The Morgan fingerprint density at radius 2 is 2.04 bits per heavy atom. The molecule has 24 heavy (non-hydrogen) atoms. The lowest BCUT2D eigenvalue weighted by Crippen LogP contribution is -2.47. The van der Waals surface area contributed by atoms with Gasteiger partial charge >= 0.3 is 0 Å². The van der Waals surface area contributed by atoms with Gasteiger partial charge in [-0.05, 0) is 23.8 Å². The van der Waals surface area contributed by atoms with E-state index in [2.05, 4.69) is 15.6 Å². The maximum atomic E-state index is 12.5. The van der Waals surface area contributed by atoms with Gasteiger partial charge in [0.05, 0.1) is 12.8 Å². The molecule has 3 aromatic rings. The summed E-state index contributed by atoms with van der Waals surface area (Å²) >= 11 is 0. The van der Waals surface area contributed by atoms with Crippen LogP contribution >= 0.6 is 0 Å². The first-order valence-corrected chi connectivity index (χ1v) is 7.75. The van der Waals surface area contributed by atoms with Gasteiger partial charge in [-0.2, -0.15) is 0 Å². The lowest BCUT2D eigenvalue weighted by Gasteiger charge is -2.17. The highest BCUT2D eigenvalue weighted by molar-refractivity contribution is 5.89. The van der Waals surface area contributed by atoms with Crippen molar-refractivity contribution in [3.8, 4) is 0 Å². The molecule has 0 radical (unpaired) electrons. The van der Waals surface area contributed by atoms with Crippen LogP contribution in [-0.4, -0.2) is 22.8 Å². The summed E-state index contributed by atoms with van der Waals surface area (Å²) < 4.78 is 5.20. The molecule has 0 aliphatic heterocycles. The standard InChI is InChI=1S/C18H19N3O3/c1-12(22)21-17(18(23)20-11-14-5-4-8-24-14)9-13-10-19-16-7-3-2-6-15(13)16/h2-8,10,17,19H,9,11H2,1H3,(H,20,23)(H,21,22)/t17-/m0/s1. The third-order valence-electron chi connectivity index (χ3n) is 3.81. The van der Waals surface area contributed by atoms with Crippen molar-refractivity contribution < 1.29 is 14.0 Å². The molecule has 2 amide bonds. The second-order valence-corrected chi connectivity index (χ2v) is 5.61. The molecular formula is C18H19N3O3. The molecule has 1 atom stereocenters.